The summed E-state index contributed by atoms with van der Waals surface area (Å²) in [7, 11) is -3.66. The lowest BCUT2D eigenvalue weighted by Crippen LogP contribution is -2.36. The maximum absolute atomic E-state index is 13.0. The van der Waals surface area contributed by atoms with Crippen LogP contribution in [0.3, 0.4) is 0 Å². The maximum atomic E-state index is 13.0. The van der Waals surface area contributed by atoms with Crippen molar-refractivity contribution in [1.29, 1.82) is 0 Å². The van der Waals surface area contributed by atoms with Crippen LogP contribution in [0.1, 0.15) is 31.5 Å². The van der Waals surface area contributed by atoms with E-state index in [2.05, 4.69) is 9.97 Å². The second kappa shape index (κ2) is 5.95. The molecule has 3 rings (SSSR count). The first-order chi connectivity index (χ1) is 10.5. The number of nitrogens with zero attached hydrogens (tertiary/aromatic N) is 3. The molecular formula is C15H16ClN3O2S. The fraction of sp³-hybridized carbons (Fsp3) is 0.333. The second-order valence-electron chi connectivity index (χ2n) is 5.34. The monoisotopic (exact) mass is 337 g/mol. The van der Waals surface area contributed by atoms with Gasteiger partial charge in [0.25, 0.3) is 0 Å². The number of halogens is 1. The third-order valence-corrected chi connectivity index (χ3v) is 5.85. The van der Waals surface area contributed by atoms with E-state index in [1.807, 2.05) is 25.1 Å². The summed E-state index contributed by atoms with van der Waals surface area (Å²) in [6, 6.07) is 6.62. The average Bonchev–Trinajstić information content (AvgIpc) is 3.32. The lowest BCUT2D eigenvalue weighted by Gasteiger charge is -2.28. The summed E-state index contributed by atoms with van der Waals surface area (Å²) in [6.45, 7) is 1.86. The molecule has 0 bridgehead atoms. The summed E-state index contributed by atoms with van der Waals surface area (Å²) in [5.74, 6) is 0. The molecule has 0 spiro atoms. The van der Waals surface area contributed by atoms with Crippen LogP contribution in [0.2, 0.25) is 5.02 Å². The number of hydrogen-bond acceptors (Lipinski definition) is 4. The topological polar surface area (TPSA) is 63.2 Å². The Morgan fingerprint density at radius 2 is 2.09 bits per heavy atom. The summed E-state index contributed by atoms with van der Waals surface area (Å²) >= 11 is 5.89. The molecule has 5 nitrogen and oxygen atoms in total. The van der Waals surface area contributed by atoms with Crippen LogP contribution >= 0.6 is 11.6 Å². The van der Waals surface area contributed by atoms with Gasteiger partial charge in [0.15, 0.2) is 0 Å². The first-order valence-electron chi connectivity index (χ1n) is 7.05. The van der Waals surface area contributed by atoms with Crippen molar-refractivity contribution in [3.05, 3.63) is 53.6 Å². The van der Waals surface area contributed by atoms with Gasteiger partial charge in [-0.2, -0.15) is 4.31 Å². The van der Waals surface area contributed by atoms with Crippen LogP contribution in [0.25, 0.3) is 0 Å². The molecular weight excluding hydrogens is 322 g/mol. The molecule has 1 fully saturated rings. The van der Waals surface area contributed by atoms with Crippen LogP contribution in [0, 0.1) is 0 Å². The summed E-state index contributed by atoms with van der Waals surface area (Å²) in [5.41, 5.74) is 0.730. The van der Waals surface area contributed by atoms with E-state index in [0.717, 1.165) is 18.5 Å². The molecule has 2 heterocycles. The molecule has 22 heavy (non-hydrogen) atoms. The quantitative estimate of drug-likeness (QED) is 0.841. The largest absolute Gasteiger partial charge is 0.262 e. The Labute approximate surface area is 135 Å². The zero-order valence-corrected chi connectivity index (χ0v) is 13.6. The van der Waals surface area contributed by atoms with Crippen molar-refractivity contribution >= 4 is 21.6 Å². The zero-order chi connectivity index (χ0) is 15.7. The van der Waals surface area contributed by atoms with Gasteiger partial charge in [-0.1, -0.05) is 17.7 Å². The standard InChI is InChI=1S/C15H16ClN3O2S/c1-11(15-4-2-3-7-18-15)19(13-5-6-13)22(20,21)14-8-12(16)9-17-10-14/h2-4,7-11,13H,5-6H2,1H3/t11-/m1/s1. The van der Waals surface area contributed by atoms with Crippen molar-refractivity contribution in [2.75, 3.05) is 0 Å². The Morgan fingerprint density at radius 1 is 1.32 bits per heavy atom. The summed E-state index contributed by atoms with van der Waals surface area (Å²) in [4.78, 5) is 8.30. The van der Waals surface area contributed by atoms with Crippen molar-refractivity contribution in [1.82, 2.24) is 14.3 Å². The van der Waals surface area contributed by atoms with Crippen LogP contribution in [0.5, 0.6) is 0 Å². The van der Waals surface area contributed by atoms with Crippen molar-refractivity contribution in [3.8, 4) is 0 Å². The van der Waals surface area contributed by atoms with Crippen LogP contribution in [-0.4, -0.2) is 28.7 Å². The summed E-state index contributed by atoms with van der Waals surface area (Å²) in [6.07, 6.45) is 6.16. The van der Waals surface area contributed by atoms with E-state index >= 15 is 0 Å². The predicted molar refractivity (Wildman–Crippen MR) is 83.9 cm³/mol. The predicted octanol–water partition coefficient (Wildman–Crippen LogP) is 3.04. The molecule has 2 aromatic rings. The molecule has 0 saturated heterocycles. The summed E-state index contributed by atoms with van der Waals surface area (Å²) in [5, 5.41) is 0.308. The van der Waals surface area contributed by atoms with E-state index in [1.54, 1.807) is 6.20 Å². The Kier molecular flexibility index (Phi) is 4.16. The average molecular weight is 338 g/mol. The molecule has 1 aliphatic rings. The molecule has 0 aliphatic heterocycles. The Hall–Kier alpha value is -1.50. The second-order valence-corrected chi connectivity index (χ2v) is 7.62. The number of pyridine rings is 2. The minimum atomic E-state index is -3.66. The molecule has 116 valence electrons. The van der Waals surface area contributed by atoms with Crippen molar-refractivity contribution in [2.24, 2.45) is 0 Å². The highest BCUT2D eigenvalue weighted by molar-refractivity contribution is 7.89. The summed E-state index contributed by atoms with van der Waals surface area (Å²) < 4.78 is 27.5. The third kappa shape index (κ3) is 2.99. The molecule has 7 heteroatoms. The van der Waals surface area contributed by atoms with Gasteiger partial charge in [-0.25, -0.2) is 8.42 Å². The molecule has 1 atom stereocenters. The Balaban J connectivity index is 2.01. The van der Waals surface area contributed by atoms with Gasteiger partial charge in [0.2, 0.25) is 10.0 Å². The van der Waals surface area contributed by atoms with Gasteiger partial charge in [-0.05, 0) is 38.0 Å². The minimum Gasteiger partial charge on any atom is -0.262 e. The number of sulfonamides is 1. The van der Waals surface area contributed by atoms with Gasteiger partial charge < -0.3 is 0 Å². The molecule has 0 amide bonds. The molecule has 1 aliphatic carbocycles. The highest BCUT2D eigenvalue weighted by atomic mass is 35.5. The van der Waals surface area contributed by atoms with E-state index < -0.39 is 10.0 Å². The minimum absolute atomic E-state index is 0.0148. The van der Waals surface area contributed by atoms with E-state index in [4.69, 9.17) is 11.6 Å². The normalized spacial score (nSPS) is 16.7. The lowest BCUT2D eigenvalue weighted by molar-refractivity contribution is 0.329. The third-order valence-electron chi connectivity index (χ3n) is 3.66. The van der Waals surface area contributed by atoms with Gasteiger partial charge in [0.05, 0.1) is 16.8 Å². The lowest BCUT2D eigenvalue weighted by atomic mass is 10.2. The molecule has 0 aromatic carbocycles. The van der Waals surface area contributed by atoms with Crippen molar-refractivity contribution < 1.29 is 8.42 Å². The fourth-order valence-electron chi connectivity index (χ4n) is 2.46. The van der Waals surface area contributed by atoms with E-state index in [0.29, 0.717) is 5.02 Å². The first kappa shape index (κ1) is 15.4. The van der Waals surface area contributed by atoms with Crippen molar-refractivity contribution in [2.45, 2.75) is 36.7 Å². The van der Waals surface area contributed by atoms with E-state index in [-0.39, 0.29) is 17.0 Å². The maximum Gasteiger partial charge on any atom is 0.245 e. The van der Waals surface area contributed by atoms with E-state index in [1.165, 1.54) is 22.8 Å². The van der Waals surface area contributed by atoms with Gasteiger partial charge >= 0.3 is 0 Å². The Morgan fingerprint density at radius 3 is 2.68 bits per heavy atom. The molecule has 2 aromatic heterocycles. The SMILES string of the molecule is C[C@H](c1ccccn1)N(C1CC1)S(=O)(=O)c1cncc(Cl)c1. The fourth-order valence-corrected chi connectivity index (χ4v) is 4.54. The van der Waals surface area contributed by atoms with Gasteiger partial charge in [-0.15, -0.1) is 0 Å². The molecule has 0 unspecified atom stereocenters. The van der Waals surface area contributed by atoms with Crippen molar-refractivity contribution in [3.63, 3.8) is 0 Å². The number of aromatic nitrogens is 2. The highest BCUT2D eigenvalue weighted by Gasteiger charge is 2.42. The molecule has 0 radical (unpaired) electrons. The number of hydrogen-bond donors (Lipinski definition) is 0. The molecule has 1 saturated carbocycles. The van der Waals surface area contributed by atoms with Crippen LogP contribution in [-0.2, 0) is 10.0 Å². The highest BCUT2D eigenvalue weighted by Crippen LogP contribution is 2.38. The first-order valence-corrected chi connectivity index (χ1v) is 8.87. The Bertz CT molecular complexity index is 763. The van der Waals surface area contributed by atoms with Gasteiger partial charge in [0, 0.05) is 24.6 Å². The van der Waals surface area contributed by atoms with Crippen LogP contribution in [0.4, 0.5) is 0 Å². The smallest absolute Gasteiger partial charge is 0.245 e. The van der Waals surface area contributed by atoms with Gasteiger partial charge in [0.1, 0.15) is 4.90 Å². The van der Waals surface area contributed by atoms with Gasteiger partial charge in [-0.3, -0.25) is 9.97 Å². The number of rotatable bonds is 5. The van der Waals surface area contributed by atoms with Crippen LogP contribution < -0.4 is 0 Å². The van der Waals surface area contributed by atoms with E-state index in [9.17, 15) is 8.42 Å². The zero-order valence-electron chi connectivity index (χ0n) is 12.1. The van der Waals surface area contributed by atoms with Crippen LogP contribution in [0.15, 0.2) is 47.8 Å². The molecule has 0 N–H and O–H groups in total.